The van der Waals surface area contributed by atoms with E-state index in [4.69, 9.17) is 12.2 Å². The predicted octanol–water partition coefficient (Wildman–Crippen LogP) is 3.68. The highest BCUT2D eigenvalue weighted by Crippen LogP contribution is 2.42. The lowest BCUT2D eigenvalue weighted by molar-refractivity contribution is -0.384. The molecule has 1 saturated heterocycles. The molecule has 3 aromatic carbocycles. The molecule has 190 valence electrons. The van der Waals surface area contributed by atoms with E-state index in [9.17, 15) is 24.8 Å². The quantitative estimate of drug-likeness (QED) is 0.218. The van der Waals surface area contributed by atoms with Crippen LogP contribution in [0.3, 0.4) is 0 Å². The number of thiocarbonyl (C=S) groups is 1. The molecule has 0 bridgehead atoms. The van der Waals surface area contributed by atoms with Crippen molar-refractivity contribution < 1.29 is 19.6 Å². The Kier molecular flexibility index (Phi) is 7.09. The molecule has 9 nitrogen and oxygen atoms in total. The molecule has 0 atom stereocenters. The Morgan fingerprint density at radius 2 is 1.70 bits per heavy atom. The topological polar surface area (TPSA) is 107 Å². The van der Waals surface area contributed by atoms with Gasteiger partial charge in [-0.05, 0) is 11.6 Å². The van der Waals surface area contributed by atoms with Crippen molar-refractivity contribution in [3.8, 4) is 0 Å². The van der Waals surface area contributed by atoms with Gasteiger partial charge in [0.15, 0.2) is 0 Å². The molecule has 2 aliphatic rings. The first kappa shape index (κ1) is 25.1. The SMILES string of the molecule is O=C1c2cccc3c(N4CCN(C(=S)SCc5ccccc5)CC4)c([N+](=O)[O-])cc(c23)C(=O)N1CCO. The zero-order chi connectivity index (χ0) is 26.1. The molecule has 37 heavy (non-hydrogen) atoms. The monoisotopic (exact) mass is 536 g/mol. The maximum Gasteiger partial charge on any atom is 0.293 e. The lowest BCUT2D eigenvalue weighted by Crippen LogP contribution is -2.48. The molecular weight excluding hydrogens is 512 g/mol. The molecule has 11 heteroatoms. The minimum absolute atomic E-state index is 0.103. The van der Waals surface area contributed by atoms with Gasteiger partial charge in [0.1, 0.15) is 10.0 Å². The van der Waals surface area contributed by atoms with E-state index in [0.29, 0.717) is 48.2 Å². The second kappa shape index (κ2) is 10.4. The van der Waals surface area contributed by atoms with Crippen molar-refractivity contribution in [2.45, 2.75) is 5.75 Å². The molecule has 0 radical (unpaired) electrons. The molecule has 0 saturated carbocycles. The summed E-state index contributed by atoms with van der Waals surface area (Å²) in [4.78, 5) is 42.8. The molecule has 0 aromatic heterocycles. The summed E-state index contributed by atoms with van der Waals surface area (Å²) < 4.78 is 0.787. The Morgan fingerprint density at radius 1 is 1.00 bits per heavy atom. The Labute approximate surface area is 222 Å². The van der Waals surface area contributed by atoms with Crippen molar-refractivity contribution in [2.75, 3.05) is 44.2 Å². The number of rotatable bonds is 6. The molecule has 3 aromatic rings. The summed E-state index contributed by atoms with van der Waals surface area (Å²) in [7, 11) is 0. The van der Waals surface area contributed by atoms with Crippen LogP contribution in [0, 0.1) is 10.1 Å². The van der Waals surface area contributed by atoms with Crippen LogP contribution in [0.1, 0.15) is 26.3 Å². The zero-order valence-electron chi connectivity index (χ0n) is 19.8. The number of piperazine rings is 1. The number of imide groups is 1. The van der Waals surface area contributed by atoms with Crippen molar-refractivity contribution in [3.05, 3.63) is 81.4 Å². The summed E-state index contributed by atoms with van der Waals surface area (Å²) in [5.74, 6) is -0.374. The molecule has 5 rings (SSSR count). The van der Waals surface area contributed by atoms with Gasteiger partial charge in [0.05, 0.1) is 23.6 Å². The minimum Gasteiger partial charge on any atom is -0.395 e. The van der Waals surface area contributed by atoms with Crippen molar-refractivity contribution in [1.29, 1.82) is 0 Å². The Bertz CT molecular complexity index is 1410. The average molecular weight is 537 g/mol. The number of carbonyl (C=O) groups excluding carboxylic acids is 2. The van der Waals surface area contributed by atoms with Crippen LogP contribution in [0.15, 0.2) is 54.6 Å². The summed E-state index contributed by atoms with van der Waals surface area (Å²) in [6, 6.07) is 16.4. The third-order valence-electron chi connectivity index (χ3n) is 6.64. The van der Waals surface area contributed by atoms with Crippen LogP contribution in [-0.4, -0.2) is 75.3 Å². The molecule has 1 N–H and O–H groups in total. The van der Waals surface area contributed by atoms with Crippen LogP contribution in [0.25, 0.3) is 10.8 Å². The number of benzene rings is 3. The van der Waals surface area contributed by atoms with Gasteiger partial charge < -0.3 is 14.9 Å². The number of amides is 2. The predicted molar refractivity (Wildman–Crippen MR) is 147 cm³/mol. The molecule has 0 unspecified atom stereocenters. The third-order valence-corrected chi connectivity index (χ3v) is 8.24. The van der Waals surface area contributed by atoms with E-state index in [0.717, 1.165) is 15.0 Å². The molecule has 0 aliphatic carbocycles. The fourth-order valence-corrected chi connectivity index (χ4v) is 6.09. The van der Waals surface area contributed by atoms with E-state index in [1.807, 2.05) is 23.1 Å². The molecule has 2 amide bonds. The Balaban J connectivity index is 1.43. The lowest BCUT2D eigenvalue weighted by atomic mass is 9.91. The van der Waals surface area contributed by atoms with E-state index in [2.05, 4.69) is 17.0 Å². The fraction of sp³-hybridized carbons (Fsp3) is 0.269. The first-order chi connectivity index (χ1) is 17.9. The summed E-state index contributed by atoms with van der Waals surface area (Å²) in [6.45, 7) is 1.64. The normalized spacial score (nSPS) is 15.4. The van der Waals surface area contributed by atoms with Crippen molar-refractivity contribution in [3.63, 3.8) is 0 Å². The first-order valence-corrected chi connectivity index (χ1v) is 13.2. The zero-order valence-corrected chi connectivity index (χ0v) is 21.5. The number of aliphatic hydroxyl groups excluding tert-OH is 1. The van der Waals surface area contributed by atoms with Gasteiger partial charge in [-0.2, -0.15) is 0 Å². The number of hydrogen-bond acceptors (Lipinski definition) is 8. The van der Waals surface area contributed by atoms with E-state index < -0.39 is 23.3 Å². The van der Waals surface area contributed by atoms with Crippen molar-refractivity contribution >= 4 is 62.3 Å². The Morgan fingerprint density at radius 3 is 2.38 bits per heavy atom. The van der Waals surface area contributed by atoms with Crippen molar-refractivity contribution in [1.82, 2.24) is 9.80 Å². The average Bonchev–Trinajstić information content (AvgIpc) is 2.92. The minimum atomic E-state index is -0.636. The van der Waals surface area contributed by atoms with Gasteiger partial charge in [0, 0.05) is 54.3 Å². The van der Waals surface area contributed by atoms with Crippen LogP contribution in [0.2, 0.25) is 0 Å². The third kappa shape index (κ3) is 4.65. The van der Waals surface area contributed by atoms with E-state index in [1.165, 1.54) is 11.6 Å². The Hall–Kier alpha value is -3.54. The van der Waals surface area contributed by atoms with Crippen LogP contribution in [0.5, 0.6) is 0 Å². The smallest absolute Gasteiger partial charge is 0.293 e. The summed E-state index contributed by atoms with van der Waals surface area (Å²) in [5.41, 5.74) is 1.82. The maximum absolute atomic E-state index is 13.1. The van der Waals surface area contributed by atoms with Gasteiger partial charge in [-0.1, -0.05) is 66.4 Å². The lowest BCUT2D eigenvalue weighted by Gasteiger charge is -2.37. The van der Waals surface area contributed by atoms with Gasteiger partial charge in [0.2, 0.25) is 0 Å². The van der Waals surface area contributed by atoms with Gasteiger partial charge in [-0.25, -0.2) is 0 Å². The number of thioether (sulfide) groups is 1. The standard InChI is InChI=1S/C26H24N4O5S2/c31-14-13-29-24(32)19-8-4-7-18-22(19)20(25(29)33)15-21(30(34)35)23(18)27-9-11-28(12-10-27)26(36)37-16-17-5-2-1-3-6-17/h1-8,15,31H,9-14,16H2. The molecule has 1 fully saturated rings. The highest BCUT2D eigenvalue weighted by molar-refractivity contribution is 8.22. The van der Waals surface area contributed by atoms with Gasteiger partial charge >= 0.3 is 0 Å². The molecule has 2 heterocycles. The number of anilines is 1. The molecule has 0 spiro atoms. The van der Waals surface area contributed by atoms with E-state index >= 15 is 0 Å². The second-order valence-electron chi connectivity index (χ2n) is 8.78. The van der Waals surface area contributed by atoms with E-state index in [1.54, 1.807) is 30.0 Å². The van der Waals surface area contributed by atoms with Crippen LogP contribution in [-0.2, 0) is 5.75 Å². The highest BCUT2D eigenvalue weighted by Gasteiger charge is 2.37. The van der Waals surface area contributed by atoms with Crippen LogP contribution >= 0.6 is 24.0 Å². The summed E-state index contributed by atoms with van der Waals surface area (Å²) in [5, 5.41) is 22.4. The maximum atomic E-state index is 13.1. The van der Waals surface area contributed by atoms with Gasteiger partial charge in [-0.15, -0.1) is 0 Å². The number of hydrogen-bond donors (Lipinski definition) is 1. The second-order valence-corrected chi connectivity index (χ2v) is 10.4. The summed E-state index contributed by atoms with van der Waals surface area (Å²) >= 11 is 7.25. The molecular formula is C26H24N4O5S2. The largest absolute Gasteiger partial charge is 0.395 e. The number of carbonyl (C=O) groups is 2. The number of aliphatic hydroxyl groups is 1. The van der Waals surface area contributed by atoms with Gasteiger partial charge in [0.25, 0.3) is 17.5 Å². The first-order valence-electron chi connectivity index (χ1n) is 11.8. The highest BCUT2D eigenvalue weighted by atomic mass is 32.2. The number of nitro benzene ring substituents is 1. The van der Waals surface area contributed by atoms with E-state index in [-0.39, 0.29) is 17.8 Å². The van der Waals surface area contributed by atoms with Gasteiger partial charge in [-0.3, -0.25) is 24.6 Å². The number of nitro groups is 1. The summed E-state index contributed by atoms with van der Waals surface area (Å²) in [6.07, 6.45) is 0. The van der Waals surface area contributed by atoms with Crippen molar-refractivity contribution in [2.24, 2.45) is 0 Å². The molecule has 2 aliphatic heterocycles. The fourth-order valence-electron chi connectivity index (χ4n) is 4.88. The number of nitrogens with zero attached hydrogens (tertiary/aromatic N) is 4. The van der Waals surface area contributed by atoms with Crippen LogP contribution < -0.4 is 4.90 Å². The van der Waals surface area contributed by atoms with Crippen LogP contribution in [0.4, 0.5) is 11.4 Å². The number of β-amino-alcohol motifs (C(OH)–C–C–N with tert-alkyl or cyclic N) is 1.